The fourth-order valence-corrected chi connectivity index (χ4v) is 2.09. The fourth-order valence-electron chi connectivity index (χ4n) is 2.09. The molecule has 1 aromatic carbocycles. The van der Waals surface area contributed by atoms with Crippen LogP contribution in [-0.2, 0) is 17.8 Å². The molecule has 0 aliphatic heterocycles. The van der Waals surface area contributed by atoms with Crippen LogP contribution in [0.4, 0.5) is 0 Å². The lowest BCUT2D eigenvalue weighted by atomic mass is 10.1. The number of amides is 1. The minimum Gasteiger partial charge on any atom is -0.461 e. The van der Waals surface area contributed by atoms with Gasteiger partial charge in [-0.05, 0) is 6.07 Å². The van der Waals surface area contributed by atoms with Gasteiger partial charge in [0.15, 0.2) is 0 Å². The normalized spacial score (nSPS) is 10.3. The third-order valence-electron chi connectivity index (χ3n) is 3.10. The molecular formula is C14H19ClN2O2. The van der Waals surface area contributed by atoms with Crippen LogP contribution in [-0.4, -0.2) is 24.4 Å². The molecule has 1 amide bonds. The number of hydrogen-bond acceptors (Lipinski definition) is 3. The first-order chi connectivity index (χ1) is 8.67. The molecule has 4 nitrogen and oxygen atoms in total. The van der Waals surface area contributed by atoms with Crippen LogP contribution in [0.25, 0.3) is 11.0 Å². The van der Waals surface area contributed by atoms with E-state index in [9.17, 15) is 4.79 Å². The number of furan rings is 1. The van der Waals surface area contributed by atoms with Crippen molar-refractivity contribution in [2.45, 2.75) is 19.9 Å². The highest BCUT2D eigenvalue weighted by atomic mass is 35.5. The third kappa shape index (κ3) is 3.08. The van der Waals surface area contributed by atoms with Crippen LogP contribution < -0.4 is 5.73 Å². The Morgan fingerprint density at radius 1 is 1.37 bits per heavy atom. The average Bonchev–Trinajstić information content (AvgIpc) is 2.76. The summed E-state index contributed by atoms with van der Waals surface area (Å²) >= 11 is 0. The molecule has 0 saturated carbocycles. The Morgan fingerprint density at radius 2 is 2.05 bits per heavy atom. The van der Waals surface area contributed by atoms with Crippen LogP contribution in [0.3, 0.4) is 0 Å². The Hall–Kier alpha value is -1.52. The summed E-state index contributed by atoms with van der Waals surface area (Å²) in [6.45, 7) is 2.62. The molecule has 5 heteroatoms. The molecule has 0 fully saturated rings. The summed E-state index contributed by atoms with van der Waals surface area (Å²) in [5, 5.41) is 1.08. The van der Waals surface area contributed by atoms with Gasteiger partial charge in [0, 0.05) is 31.0 Å². The number of aryl methyl sites for hydroxylation is 1. The predicted octanol–water partition coefficient (Wildman–Crippen LogP) is 2.33. The van der Waals surface area contributed by atoms with Crippen LogP contribution in [0, 0.1) is 0 Å². The maximum atomic E-state index is 11.5. The standard InChI is InChI=1S/C14H18N2O2.ClH/c1-3-12-11(9-16(2)14(17)8-15)10-6-4-5-7-13(10)18-12;/h4-7H,3,8-9,15H2,1-2H3;1H. The van der Waals surface area contributed by atoms with Crippen LogP contribution in [0.5, 0.6) is 0 Å². The number of likely N-dealkylation sites (N-methyl/N-ethyl adjacent to an activating group) is 1. The monoisotopic (exact) mass is 282 g/mol. The average molecular weight is 283 g/mol. The maximum Gasteiger partial charge on any atom is 0.236 e. The summed E-state index contributed by atoms with van der Waals surface area (Å²) in [6, 6.07) is 7.90. The van der Waals surface area contributed by atoms with Gasteiger partial charge >= 0.3 is 0 Å². The van der Waals surface area contributed by atoms with Crippen LogP contribution >= 0.6 is 12.4 Å². The van der Waals surface area contributed by atoms with E-state index in [0.717, 1.165) is 28.7 Å². The van der Waals surface area contributed by atoms with E-state index < -0.39 is 0 Å². The molecule has 0 aliphatic rings. The van der Waals surface area contributed by atoms with E-state index in [1.54, 1.807) is 11.9 Å². The second-order valence-corrected chi connectivity index (χ2v) is 4.31. The molecule has 0 radical (unpaired) electrons. The van der Waals surface area contributed by atoms with Crippen molar-refractivity contribution in [1.82, 2.24) is 4.90 Å². The lowest BCUT2D eigenvalue weighted by molar-refractivity contribution is -0.128. The van der Waals surface area contributed by atoms with Gasteiger partial charge in [0.1, 0.15) is 11.3 Å². The Morgan fingerprint density at radius 3 is 2.68 bits per heavy atom. The van der Waals surface area contributed by atoms with Crippen molar-refractivity contribution < 1.29 is 9.21 Å². The van der Waals surface area contributed by atoms with Gasteiger partial charge in [0.25, 0.3) is 0 Å². The molecule has 2 aromatic rings. The van der Waals surface area contributed by atoms with Gasteiger partial charge in [-0.3, -0.25) is 4.79 Å². The number of carbonyl (C=O) groups excluding carboxylic acids is 1. The van der Waals surface area contributed by atoms with Gasteiger partial charge in [-0.2, -0.15) is 0 Å². The number of halogens is 1. The lowest BCUT2D eigenvalue weighted by Gasteiger charge is -2.16. The van der Waals surface area contributed by atoms with Crippen molar-refractivity contribution in [1.29, 1.82) is 0 Å². The second kappa shape index (κ2) is 6.59. The predicted molar refractivity (Wildman–Crippen MR) is 78.4 cm³/mol. The molecule has 104 valence electrons. The summed E-state index contributed by atoms with van der Waals surface area (Å²) in [4.78, 5) is 13.2. The quantitative estimate of drug-likeness (QED) is 0.936. The van der Waals surface area contributed by atoms with Crippen molar-refractivity contribution in [2.24, 2.45) is 5.73 Å². The second-order valence-electron chi connectivity index (χ2n) is 4.31. The summed E-state index contributed by atoms with van der Waals surface area (Å²) in [6.07, 6.45) is 0.814. The number of hydrogen-bond donors (Lipinski definition) is 1. The van der Waals surface area contributed by atoms with Crippen molar-refractivity contribution in [3.63, 3.8) is 0 Å². The Kier molecular flexibility index (Phi) is 5.39. The molecule has 0 bridgehead atoms. The number of benzene rings is 1. The first kappa shape index (κ1) is 15.5. The lowest BCUT2D eigenvalue weighted by Crippen LogP contribution is -2.32. The molecule has 2 N–H and O–H groups in total. The number of nitrogens with two attached hydrogens (primary N) is 1. The molecule has 0 unspecified atom stereocenters. The number of carbonyl (C=O) groups is 1. The number of rotatable bonds is 4. The zero-order chi connectivity index (χ0) is 13.1. The van der Waals surface area contributed by atoms with E-state index in [0.29, 0.717) is 6.54 Å². The molecule has 1 heterocycles. The van der Waals surface area contributed by atoms with Crippen LogP contribution in [0.15, 0.2) is 28.7 Å². The molecule has 0 aliphatic carbocycles. The van der Waals surface area contributed by atoms with E-state index in [1.807, 2.05) is 31.2 Å². The highest BCUT2D eigenvalue weighted by Gasteiger charge is 2.16. The zero-order valence-electron chi connectivity index (χ0n) is 11.2. The summed E-state index contributed by atoms with van der Waals surface area (Å²) < 4.78 is 5.79. The molecule has 1 aromatic heterocycles. The molecule has 19 heavy (non-hydrogen) atoms. The van der Waals surface area contributed by atoms with E-state index >= 15 is 0 Å². The molecule has 0 saturated heterocycles. The minimum atomic E-state index is -0.0673. The first-order valence-electron chi connectivity index (χ1n) is 6.10. The van der Waals surface area contributed by atoms with Gasteiger partial charge in [-0.15, -0.1) is 12.4 Å². The van der Waals surface area contributed by atoms with Crippen molar-refractivity contribution in [3.8, 4) is 0 Å². The maximum absolute atomic E-state index is 11.5. The minimum absolute atomic E-state index is 0. The molecule has 2 rings (SSSR count). The van der Waals surface area contributed by atoms with Gasteiger partial charge in [-0.1, -0.05) is 25.1 Å². The largest absolute Gasteiger partial charge is 0.461 e. The van der Waals surface area contributed by atoms with Crippen molar-refractivity contribution >= 4 is 29.3 Å². The highest BCUT2D eigenvalue weighted by molar-refractivity contribution is 5.85. The Balaban J connectivity index is 0.00000180. The van der Waals surface area contributed by atoms with E-state index in [1.165, 1.54) is 0 Å². The van der Waals surface area contributed by atoms with E-state index in [-0.39, 0.29) is 24.9 Å². The fraction of sp³-hybridized carbons (Fsp3) is 0.357. The topological polar surface area (TPSA) is 59.5 Å². The van der Waals surface area contributed by atoms with Gasteiger partial charge in [-0.25, -0.2) is 0 Å². The van der Waals surface area contributed by atoms with Gasteiger partial charge in [0.05, 0.1) is 6.54 Å². The van der Waals surface area contributed by atoms with E-state index in [4.69, 9.17) is 10.2 Å². The summed E-state index contributed by atoms with van der Waals surface area (Å²) in [5.41, 5.74) is 7.32. The number of nitrogens with zero attached hydrogens (tertiary/aromatic N) is 1. The van der Waals surface area contributed by atoms with Gasteiger partial charge in [0.2, 0.25) is 5.91 Å². The first-order valence-corrected chi connectivity index (χ1v) is 6.10. The SMILES string of the molecule is CCc1oc2ccccc2c1CN(C)C(=O)CN.Cl. The van der Waals surface area contributed by atoms with Crippen molar-refractivity contribution in [3.05, 3.63) is 35.6 Å². The third-order valence-corrected chi connectivity index (χ3v) is 3.10. The van der Waals surface area contributed by atoms with E-state index in [2.05, 4.69) is 0 Å². The van der Waals surface area contributed by atoms with Crippen LogP contribution in [0.2, 0.25) is 0 Å². The number of para-hydroxylation sites is 1. The van der Waals surface area contributed by atoms with Crippen LogP contribution in [0.1, 0.15) is 18.2 Å². The summed E-state index contributed by atoms with van der Waals surface area (Å²) in [7, 11) is 1.76. The molecule has 0 atom stereocenters. The smallest absolute Gasteiger partial charge is 0.236 e. The van der Waals surface area contributed by atoms with Gasteiger partial charge < -0.3 is 15.1 Å². The Bertz CT molecular complexity index is 566. The molecule has 0 spiro atoms. The van der Waals surface area contributed by atoms with Crippen molar-refractivity contribution in [2.75, 3.05) is 13.6 Å². The zero-order valence-corrected chi connectivity index (χ0v) is 12.0. The number of fused-ring (bicyclic) bond motifs is 1. The molecular weight excluding hydrogens is 264 g/mol. The highest BCUT2D eigenvalue weighted by Crippen LogP contribution is 2.27. The summed E-state index contributed by atoms with van der Waals surface area (Å²) in [5.74, 6) is 0.871. The Labute approximate surface area is 119 Å².